The third kappa shape index (κ3) is 5.51. The Morgan fingerprint density at radius 1 is 1.08 bits per heavy atom. The summed E-state index contributed by atoms with van der Waals surface area (Å²) < 4.78 is 26.4. The first-order valence-corrected chi connectivity index (χ1v) is 14.2. The Hall–Kier alpha value is -2.68. The zero-order valence-electron chi connectivity index (χ0n) is 20.1. The summed E-state index contributed by atoms with van der Waals surface area (Å²) in [6, 6.07) is 17.5. The third-order valence-corrected chi connectivity index (χ3v) is 9.00. The van der Waals surface area contributed by atoms with Crippen LogP contribution in [0.2, 0.25) is 0 Å². The van der Waals surface area contributed by atoms with Crippen LogP contribution in [-0.2, 0) is 9.47 Å². The number of thiophene rings is 1. The lowest BCUT2D eigenvalue weighted by Crippen LogP contribution is -2.65. The third-order valence-electron chi connectivity index (χ3n) is 7.35. The molecule has 3 aliphatic heterocycles. The van der Waals surface area contributed by atoms with Crippen LogP contribution in [0, 0.1) is 11.7 Å². The van der Waals surface area contributed by atoms with Crippen LogP contribution in [0.5, 0.6) is 0 Å². The number of ether oxygens (including phenoxy) is 2. The first-order valence-electron chi connectivity index (χ1n) is 12.1. The van der Waals surface area contributed by atoms with Crippen molar-refractivity contribution in [3.05, 3.63) is 87.9 Å². The molecule has 4 heterocycles. The summed E-state index contributed by atoms with van der Waals surface area (Å²) in [5.74, 6) is 0.0175. The van der Waals surface area contributed by atoms with Gasteiger partial charge in [-0.2, -0.15) is 0 Å². The van der Waals surface area contributed by atoms with Crippen LogP contribution in [0.1, 0.15) is 39.7 Å². The van der Waals surface area contributed by atoms with Crippen molar-refractivity contribution < 1.29 is 27.9 Å². The van der Waals surface area contributed by atoms with E-state index >= 15 is 0 Å². The average molecular weight is 527 g/mol. The van der Waals surface area contributed by atoms with Gasteiger partial charge in [0.15, 0.2) is 12.2 Å². The van der Waals surface area contributed by atoms with Crippen molar-refractivity contribution in [3.63, 3.8) is 0 Å². The highest BCUT2D eigenvalue weighted by atomic mass is 32.2. The fourth-order valence-electron chi connectivity index (χ4n) is 5.42. The number of piperidine rings is 3. The van der Waals surface area contributed by atoms with E-state index in [0.717, 1.165) is 41.3 Å². The number of ketones is 1. The molecule has 3 aliphatic rings. The second-order valence-electron chi connectivity index (χ2n) is 9.60. The van der Waals surface area contributed by atoms with E-state index < -0.39 is 18.1 Å². The number of carbonyl (C=O) groups is 2. The minimum Gasteiger partial charge on any atom is -0.425 e. The van der Waals surface area contributed by atoms with Crippen molar-refractivity contribution in [2.24, 2.45) is 5.92 Å². The molecule has 0 N–H and O–H groups in total. The number of nitrogens with zero attached hydrogens (tertiary/aromatic N) is 1. The molecule has 1 aromatic heterocycles. The number of halogens is 1. The van der Waals surface area contributed by atoms with E-state index in [9.17, 15) is 14.0 Å². The van der Waals surface area contributed by atoms with Gasteiger partial charge in [0.25, 0.3) is 0 Å². The van der Waals surface area contributed by atoms with E-state index in [4.69, 9.17) is 9.47 Å². The van der Waals surface area contributed by atoms with Crippen LogP contribution in [0.4, 0.5) is 9.18 Å². The number of hydrogen-bond acceptors (Lipinski definition) is 6. The molecule has 0 amide bonds. The van der Waals surface area contributed by atoms with Crippen LogP contribution in [0.3, 0.4) is 0 Å². The van der Waals surface area contributed by atoms with Crippen LogP contribution in [0.15, 0.2) is 70.9 Å². The van der Waals surface area contributed by atoms with Crippen LogP contribution in [0.25, 0.3) is 0 Å². The summed E-state index contributed by atoms with van der Waals surface area (Å²) in [6.07, 6.45) is 1.97. The number of carbonyl (C=O) groups excluding carboxylic acids is 2. The Labute approximate surface area is 218 Å². The van der Waals surface area contributed by atoms with Crippen molar-refractivity contribution in [3.8, 4) is 0 Å². The standard InChI is InChI=1S/C28H29FNO4S2/c1-35-23-9-7-20(8-10-23)27(21-4-2-5-22(29)16-21)34-28(32)33-25-18-30(13-11-19(25)12-14-30)17-24(31)26-6-3-15-36-26/h2-10,15-16,19,25,27H,11-14,17-18H2,1H3/q+1/t19?,25-,27?,30?/m0/s1. The molecule has 188 valence electrons. The second-order valence-corrected chi connectivity index (χ2v) is 11.4. The predicted octanol–water partition coefficient (Wildman–Crippen LogP) is 6.34. The number of thioether (sulfide) groups is 1. The van der Waals surface area contributed by atoms with E-state index in [1.165, 1.54) is 23.5 Å². The number of quaternary nitrogens is 1. The van der Waals surface area contributed by atoms with Gasteiger partial charge in [0, 0.05) is 29.2 Å². The van der Waals surface area contributed by atoms with Crippen molar-refractivity contribution in [1.82, 2.24) is 0 Å². The van der Waals surface area contributed by atoms with Gasteiger partial charge in [-0.25, -0.2) is 9.18 Å². The Balaban J connectivity index is 1.30. The van der Waals surface area contributed by atoms with E-state index in [0.29, 0.717) is 23.1 Å². The van der Waals surface area contributed by atoms with Gasteiger partial charge in [-0.1, -0.05) is 30.3 Å². The SMILES string of the molecule is CSc1ccc(C(OC(=O)O[C@H]2C[N+]3(CC(=O)c4cccs4)CCC2CC3)c2cccc(F)c2)cc1. The average Bonchev–Trinajstić information content (AvgIpc) is 3.43. The summed E-state index contributed by atoms with van der Waals surface area (Å²) in [7, 11) is 0. The molecule has 0 saturated carbocycles. The normalized spacial score (nSPS) is 23.7. The number of fused-ring (bicyclic) bond motifs is 3. The molecule has 0 spiro atoms. The van der Waals surface area contributed by atoms with Gasteiger partial charge < -0.3 is 14.0 Å². The summed E-state index contributed by atoms with van der Waals surface area (Å²) in [5, 5.41) is 1.92. The second kappa shape index (κ2) is 10.7. The number of benzene rings is 2. The Kier molecular flexibility index (Phi) is 7.46. The Morgan fingerprint density at radius 2 is 1.86 bits per heavy atom. The van der Waals surface area contributed by atoms with E-state index in [1.807, 2.05) is 48.0 Å². The molecule has 1 unspecified atom stereocenters. The van der Waals surface area contributed by atoms with E-state index in [-0.39, 0.29) is 17.8 Å². The van der Waals surface area contributed by atoms with Gasteiger partial charge in [-0.3, -0.25) is 4.79 Å². The summed E-state index contributed by atoms with van der Waals surface area (Å²) in [5.41, 5.74) is 1.29. The maximum absolute atomic E-state index is 14.0. The number of hydrogen-bond donors (Lipinski definition) is 0. The fourth-order valence-corrected chi connectivity index (χ4v) is 6.49. The zero-order valence-corrected chi connectivity index (χ0v) is 21.7. The molecule has 5 nitrogen and oxygen atoms in total. The molecule has 36 heavy (non-hydrogen) atoms. The van der Waals surface area contributed by atoms with Crippen molar-refractivity contribution in [1.29, 1.82) is 0 Å². The first-order chi connectivity index (χ1) is 17.4. The highest BCUT2D eigenvalue weighted by Crippen LogP contribution is 2.37. The lowest BCUT2D eigenvalue weighted by molar-refractivity contribution is -0.938. The van der Waals surface area contributed by atoms with Gasteiger partial charge in [0.2, 0.25) is 5.78 Å². The molecule has 3 fully saturated rings. The highest BCUT2D eigenvalue weighted by molar-refractivity contribution is 7.98. The quantitative estimate of drug-likeness (QED) is 0.148. The molecule has 3 aromatic rings. The van der Waals surface area contributed by atoms with Crippen molar-refractivity contribution in [2.75, 3.05) is 32.4 Å². The van der Waals surface area contributed by atoms with Crippen LogP contribution < -0.4 is 0 Å². The van der Waals surface area contributed by atoms with Gasteiger partial charge in [-0.05, 0) is 47.5 Å². The first kappa shape index (κ1) is 25.0. The monoisotopic (exact) mass is 526 g/mol. The van der Waals surface area contributed by atoms with Gasteiger partial charge >= 0.3 is 6.16 Å². The van der Waals surface area contributed by atoms with E-state index in [1.54, 1.807) is 23.9 Å². The van der Waals surface area contributed by atoms with E-state index in [2.05, 4.69) is 0 Å². The van der Waals surface area contributed by atoms with Crippen LogP contribution in [-0.4, -0.2) is 55.0 Å². The van der Waals surface area contributed by atoms with Gasteiger partial charge in [0.1, 0.15) is 18.9 Å². The fraction of sp³-hybridized carbons (Fsp3) is 0.357. The number of rotatable bonds is 8. The van der Waals surface area contributed by atoms with Crippen LogP contribution >= 0.6 is 23.1 Å². The maximum Gasteiger partial charge on any atom is 0.509 e. The van der Waals surface area contributed by atoms with Gasteiger partial charge in [-0.15, -0.1) is 23.1 Å². The Bertz CT molecular complexity index is 1210. The minimum atomic E-state index is -0.784. The summed E-state index contributed by atoms with van der Waals surface area (Å²) in [6.45, 7) is 2.88. The summed E-state index contributed by atoms with van der Waals surface area (Å²) >= 11 is 3.08. The van der Waals surface area contributed by atoms with Crippen molar-refractivity contribution in [2.45, 2.75) is 29.9 Å². The maximum atomic E-state index is 14.0. The molecule has 2 atom stereocenters. The molecule has 6 rings (SSSR count). The largest absolute Gasteiger partial charge is 0.509 e. The smallest absolute Gasteiger partial charge is 0.425 e. The zero-order chi connectivity index (χ0) is 25.1. The Morgan fingerprint density at radius 3 is 2.53 bits per heavy atom. The highest BCUT2D eigenvalue weighted by Gasteiger charge is 2.49. The molecule has 2 bridgehead atoms. The predicted molar refractivity (Wildman–Crippen MR) is 139 cm³/mol. The molecule has 0 aliphatic carbocycles. The molecule has 8 heteroatoms. The lowest BCUT2D eigenvalue weighted by atomic mass is 9.83. The molecule has 2 aromatic carbocycles. The lowest BCUT2D eigenvalue weighted by Gasteiger charge is -2.51. The molecule has 3 saturated heterocycles. The molecular formula is C28H29FNO4S2+. The van der Waals surface area contributed by atoms with Gasteiger partial charge in [0.05, 0.1) is 18.0 Å². The van der Waals surface area contributed by atoms with Crippen molar-refractivity contribution >= 4 is 35.0 Å². The molecular weight excluding hydrogens is 497 g/mol. The minimum absolute atomic E-state index is 0.145. The number of Topliss-reactive ketones (excluding diaryl/α,β-unsaturated/α-hetero) is 1. The molecule has 0 radical (unpaired) electrons. The topological polar surface area (TPSA) is 52.6 Å². The summed E-state index contributed by atoms with van der Waals surface area (Å²) in [4.78, 5) is 27.8.